The van der Waals surface area contributed by atoms with Crippen LogP contribution in [0.1, 0.15) is 55.8 Å². The molecule has 0 aromatic heterocycles. The van der Waals surface area contributed by atoms with Gasteiger partial charge in [0, 0.05) is 19.7 Å². The van der Waals surface area contributed by atoms with Crippen LogP contribution in [0.25, 0.3) is 0 Å². The van der Waals surface area contributed by atoms with Crippen LogP contribution in [-0.2, 0) is 11.2 Å². The van der Waals surface area contributed by atoms with E-state index in [0.29, 0.717) is 5.96 Å². The van der Waals surface area contributed by atoms with E-state index in [-0.39, 0.29) is 30.1 Å². The van der Waals surface area contributed by atoms with Crippen LogP contribution in [0.2, 0.25) is 0 Å². The predicted molar refractivity (Wildman–Crippen MR) is 110 cm³/mol. The summed E-state index contributed by atoms with van der Waals surface area (Å²) in [6.45, 7) is 2.48. The molecule has 2 aliphatic rings. The van der Waals surface area contributed by atoms with E-state index in [4.69, 9.17) is 10.5 Å². The molecule has 1 saturated carbocycles. The molecule has 134 valence electrons. The van der Waals surface area contributed by atoms with Gasteiger partial charge in [0.25, 0.3) is 0 Å². The Bertz CT molecular complexity index is 531. The molecule has 5 heteroatoms. The number of hydrogen-bond acceptors (Lipinski definition) is 2. The van der Waals surface area contributed by atoms with Crippen molar-refractivity contribution in [3.63, 3.8) is 0 Å². The number of nitrogens with zero attached hydrogens (tertiary/aromatic N) is 1. The number of ether oxygens (including phenoxy) is 1. The molecule has 1 atom stereocenters. The first kappa shape index (κ1) is 19.5. The Kier molecular flexibility index (Phi) is 8.32. The van der Waals surface area contributed by atoms with Gasteiger partial charge in [-0.1, -0.05) is 30.7 Å². The summed E-state index contributed by atoms with van der Waals surface area (Å²) < 4.78 is 6.10. The topological polar surface area (TPSA) is 59.6 Å². The van der Waals surface area contributed by atoms with Gasteiger partial charge < -0.3 is 15.8 Å². The Balaban J connectivity index is 0.00000208. The third kappa shape index (κ3) is 5.62. The summed E-state index contributed by atoms with van der Waals surface area (Å²) in [5, 5.41) is 3.19. The van der Waals surface area contributed by atoms with E-state index in [1.54, 1.807) is 0 Å². The number of aryl methyl sites for hydroxylation is 1. The van der Waals surface area contributed by atoms with Crippen LogP contribution in [-0.4, -0.2) is 25.7 Å². The fourth-order valence-corrected chi connectivity index (χ4v) is 3.36. The largest absolute Gasteiger partial charge is 0.373 e. The van der Waals surface area contributed by atoms with Crippen molar-refractivity contribution in [3.8, 4) is 0 Å². The highest BCUT2D eigenvalue weighted by Crippen LogP contribution is 2.32. The zero-order valence-electron chi connectivity index (χ0n) is 14.4. The van der Waals surface area contributed by atoms with Crippen molar-refractivity contribution in [2.75, 3.05) is 19.7 Å². The van der Waals surface area contributed by atoms with Crippen LogP contribution in [0.3, 0.4) is 0 Å². The Morgan fingerprint density at radius 1 is 1.21 bits per heavy atom. The number of aliphatic imine (C=N–C) groups is 1. The molecule has 0 heterocycles. The highest BCUT2D eigenvalue weighted by Gasteiger charge is 2.19. The molecule has 0 bridgehead atoms. The lowest BCUT2D eigenvalue weighted by molar-refractivity contribution is 0.0398. The van der Waals surface area contributed by atoms with Crippen molar-refractivity contribution < 1.29 is 4.74 Å². The second-order valence-corrected chi connectivity index (χ2v) is 6.75. The highest BCUT2D eigenvalue weighted by molar-refractivity contribution is 14.0. The Morgan fingerprint density at radius 3 is 2.83 bits per heavy atom. The van der Waals surface area contributed by atoms with Gasteiger partial charge in [-0.05, 0) is 55.6 Å². The lowest BCUT2D eigenvalue weighted by atomic mass is 9.86. The van der Waals surface area contributed by atoms with Gasteiger partial charge in [-0.3, -0.25) is 4.99 Å². The summed E-state index contributed by atoms with van der Waals surface area (Å²) in [4.78, 5) is 4.41. The Morgan fingerprint density at radius 2 is 2.04 bits per heavy atom. The van der Waals surface area contributed by atoms with E-state index in [1.807, 2.05) is 0 Å². The number of benzene rings is 1. The maximum atomic E-state index is 6.10. The maximum Gasteiger partial charge on any atom is 0.188 e. The number of hydrogen-bond donors (Lipinski definition) is 2. The number of guanidine groups is 1. The smallest absolute Gasteiger partial charge is 0.188 e. The minimum atomic E-state index is 0. The maximum absolute atomic E-state index is 6.10. The number of nitrogens with two attached hydrogens (primary N) is 1. The fraction of sp³-hybridized carbons (Fsp3) is 0.632. The number of rotatable bonds is 7. The van der Waals surface area contributed by atoms with E-state index in [0.717, 1.165) is 38.5 Å². The molecule has 0 radical (unpaired) electrons. The molecule has 0 spiro atoms. The molecule has 1 aromatic carbocycles. The number of nitrogens with one attached hydrogen (secondary N) is 1. The summed E-state index contributed by atoms with van der Waals surface area (Å²) in [6, 6.07) is 8.67. The van der Waals surface area contributed by atoms with Crippen molar-refractivity contribution in [1.29, 1.82) is 0 Å². The lowest BCUT2D eigenvalue weighted by Gasteiger charge is -2.25. The van der Waals surface area contributed by atoms with Gasteiger partial charge in [-0.2, -0.15) is 0 Å². The van der Waals surface area contributed by atoms with Crippen molar-refractivity contribution in [1.82, 2.24) is 5.32 Å². The van der Waals surface area contributed by atoms with Crippen LogP contribution in [0.15, 0.2) is 29.3 Å². The molecule has 2 aliphatic carbocycles. The molecule has 24 heavy (non-hydrogen) atoms. The van der Waals surface area contributed by atoms with Gasteiger partial charge in [-0.25, -0.2) is 0 Å². The molecule has 3 rings (SSSR count). The molecule has 1 fully saturated rings. The molecule has 1 aromatic rings. The van der Waals surface area contributed by atoms with Crippen LogP contribution >= 0.6 is 24.0 Å². The van der Waals surface area contributed by atoms with E-state index < -0.39 is 0 Å². The summed E-state index contributed by atoms with van der Waals surface area (Å²) in [6.07, 6.45) is 8.75. The second-order valence-electron chi connectivity index (χ2n) is 6.75. The Hall–Kier alpha value is -0.820. The van der Waals surface area contributed by atoms with Gasteiger partial charge in [0.1, 0.15) is 0 Å². The summed E-state index contributed by atoms with van der Waals surface area (Å²) >= 11 is 0. The van der Waals surface area contributed by atoms with Gasteiger partial charge in [0.15, 0.2) is 5.96 Å². The molecule has 1 unspecified atom stereocenters. The summed E-state index contributed by atoms with van der Waals surface area (Å²) in [5.74, 6) is 1.35. The highest BCUT2D eigenvalue weighted by atomic mass is 127. The average molecular weight is 443 g/mol. The average Bonchev–Trinajstić information content (AvgIpc) is 2.53. The predicted octanol–water partition coefficient (Wildman–Crippen LogP) is 3.79. The van der Waals surface area contributed by atoms with Gasteiger partial charge in [0.2, 0.25) is 0 Å². The molecule has 3 N–H and O–H groups in total. The first-order valence-electron chi connectivity index (χ1n) is 9.06. The zero-order valence-corrected chi connectivity index (χ0v) is 16.7. The first-order valence-corrected chi connectivity index (χ1v) is 9.06. The van der Waals surface area contributed by atoms with Crippen LogP contribution in [0, 0.1) is 5.92 Å². The van der Waals surface area contributed by atoms with E-state index in [1.165, 1.54) is 43.2 Å². The van der Waals surface area contributed by atoms with Crippen molar-refractivity contribution in [3.05, 3.63) is 35.4 Å². The van der Waals surface area contributed by atoms with Crippen molar-refractivity contribution in [2.45, 2.75) is 51.0 Å². The minimum Gasteiger partial charge on any atom is -0.373 e. The van der Waals surface area contributed by atoms with Gasteiger partial charge >= 0.3 is 0 Å². The number of halogens is 1. The van der Waals surface area contributed by atoms with Crippen molar-refractivity contribution in [2.24, 2.45) is 16.6 Å². The zero-order chi connectivity index (χ0) is 15.9. The van der Waals surface area contributed by atoms with Gasteiger partial charge in [-0.15, -0.1) is 24.0 Å². The molecule has 0 saturated heterocycles. The fourth-order valence-electron chi connectivity index (χ4n) is 3.36. The standard InChI is InChI=1S/C19H29N3O.HI/c20-19(22-14-15-6-3-7-15)21-12-5-13-23-18-11-4-9-16-8-1-2-10-17(16)18;/h1-2,8,10,15,18H,3-7,9,11-14H2,(H3,20,21,22);1H. The van der Waals surface area contributed by atoms with E-state index in [2.05, 4.69) is 34.6 Å². The van der Waals surface area contributed by atoms with E-state index >= 15 is 0 Å². The van der Waals surface area contributed by atoms with Crippen LogP contribution < -0.4 is 11.1 Å². The first-order chi connectivity index (χ1) is 11.3. The SMILES string of the molecule is I.NC(=NCC1CCC1)NCCCOC1CCCc2ccccc21. The quantitative estimate of drug-likeness (QED) is 0.292. The summed E-state index contributed by atoms with van der Waals surface area (Å²) in [5.41, 5.74) is 8.72. The normalized spacial score (nSPS) is 20.7. The van der Waals surface area contributed by atoms with E-state index in [9.17, 15) is 0 Å². The van der Waals surface area contributed by atoms with Gasteiger partial charge in [0.05, 0.1) is 6.10 Å². The summed E-state index contributed by atoms with van der Waals surface area (Å²) in [7, 11) is 0. The molecule has 0 amide bonds. The monoisotopic (exact) mass is 443 g/mol. The van der Waals surface area contributed by atoms with Crippen LogP contribution in [0.4, 0.5) is 0 Å². The second kappa shape index (κ2) is 10.2. The molecular formula is C19H30IN3O. The molecule has 4 nitrogen and oxygen atoms in total. The number of fused-ring (bicyclic) bond motifs is 1. The van der Waals surface area contributed by atoms with Crippen molar-refractivity contribution >= 4 is 29.9 Å². The third-order valence-corrected chi connectivity index (χ3v) is 5.01. The van der Waals surface area contributed by atoms with Crippen LogP contribution in [0.5, 0.6) is 0 Å². The molecular weight excluding hydrogens is 413 g/mol. The minimum absolute atomic E-state index is 0. The third-order valence-electron chi connectivity index (χ3n) is 5.01. The Labute approximate surface area is 162 Å². The lowest BCUT2D eigenvalue weighted by Crippen LogP contribution is -2.33. The molecule has 0 aliphatic heterocycles.